The molecule has 2 rings (SSSR count). The molecule has 1 heterocycles. The second kappa shape index (κ2) is 5.30. The fourth-order valence-electron chi connectivity index (χ4n) is 1.75. The molecule has 0 saturated heterocycles. The van der Waals surface area contributed by atoms with Crippen LogP contribution in [0.1, 0.15) is 12.5 Å². The number of nitrogens with one attached hydrogen (secondary N) is 1. The van der Waals surface area contributed by atoms with Gasteiger partial charge in [0.05, 0.1) is 5.52 Å². The molecule has 0 fully saturated rings. The highest BCUT2D eigenvalue weighted by atomic mass is 16.4. The molecule has 0 aliphatic carbocycles. The lowest BCUT2D eigenvalue weighted by molar-refractivity contribution is -0.134. The molecule has 2 N–H and O–H groups in total. The largest absolute Gasteiger partial charge is 0.477 e. The van der Waals surface area contributed by atoms with Crippen molar-refractivity contribution in [3.8, 4) is 0 Å². The number of aromatic nitrogens is 1. The summed E-state index contributed by atoms with van der Waals surface area (Å²) in [5.74, 6) is -1.61. The van der Waals surface area contributed by atoms with Gasteiger partial charge < -0.3 is 10.4 Å². The molecule has 1 aromatic heterocycles. The lowest BCUT2D eigenvalue weighted by Gasteiger charge is -2.05. The predicted octanol–water partition coefficient (Wildman–Crippen LogP) is 1.80. The molecule has 1 aromatic carbocycles. The first-order valence-corrected chi connectivity index (χ1v) is 5.64. The van der Waals surface area contributed by atoms with Crippen molar-refractivity contribution in [3.05, 3.63) is 47.8 Å². The summed E-state index contributed by atoms with van der Waals surface area (Å²) in [6.07, 6.45) is 3.09. The third-order valence-corrected chi connectivity index (χ3v) is 2.52. The van der Waals surface area contributed by atoms with E-state index in [1.165, 1.54) is 13.0 Å². The van der Waals surface area contributed by atoms with Crippen molar-refractivity contribution in [1.29, 1.82) is 0 Å². The van der Waals surface area contributed by atoms with Gasteiger partial charge in [-0.05, 0) is 23.8 Å². The smallest absolute Gasteiger partial charge is 0.352 e. The number of carboxylic acid groups (broad SMARTS) is 1. The van der Waals surface area contributed by atoms with E-state index >= 15 is 0 Å². The summed E-state index contributed by atoms with van der Waals surface area (Å²) in [6.45, 7) is 1.27. The summed E-state index contributed by atoms with van der Waals surface area (Å²) in [7, 11) is 0. The number of aliphatic carboxylic acids is 1. The molecule has 19 heavy (non-hydrogen) atoms. The van der Waals surface area contributed by atoms with E-state index in [1.54, 1.807) is 24.4 Å². The summed E-state index contributed by atoms with van der Waals surface area (Å²) in [4.78, 5) is 26.3. The average Bonchev–Trinajstić information content (AvgIpc) is 2.37. The highest BCUT2D eigenvalue weighted by Gasteiger charge is 2.09. The Morgan fingerprint density at radius 1 is 1.26 bits per heavy atom. The Hall–Kier alpha value is -2.69. The Bertz CT molecular complexity index is 672. The second-order valence-electron chi connectivity index (χ2n) is 3.96. The molecule has 0 spiro atoms. The molecular formula is C14H12N2O3. The summed E-state index contributed by atoms with van der Waals surface area (Å²) in [5.41, 5.74) is 1.30. The SMILES string of the molecule is CC(=O)N/C(=C/c1cccc2ncccc12)C(=O)O. The molecule has 0 bridgehead atoms. The van der Waals surface area contributed by atoms with Crippen LogP contribution in [0, 0.1) is 0 Å². The number of nitrogens with zero attached hydrogens (tertiary/aromatic N) is 1. The predicted molar refractivity (Wildman–Crippen MR) is 71.2 cm³/mol. The van der Waals surface area contributed by atoms with Crippen LogP contribution in [0.15, 0.2) is 42.2 Å². The van der Waals surface area contributed by atoms with Crippen LogP contribution >= 0.6 is 0 Å². The van der Waals surface area contributed by atoms with Gasteiger partial charge in [-0.1, -0.05) is 18.2 Å². The van der Waals surface area contributed by atoms with Crippen molar-refractivity contribution in [3.63, 3.8) is 0 Å². The maximum absolute atomic E-state index is 11.1. The second-order valence-corrected chi connectivity index (χ2v) is 3.96. The monoisotopic (exact) mass is 256 g/mol. The molecule has 0 saturated carbocycles. The van der Waals surface area contributed by atoms with Gasteiger partial charge in [-0.2, -0.15) is 0 Å². The lowest BCUT2D eigenvalue weighted by Crippen LogP contribution is -2.24. The first-order valence-electron chi connectivity index (χ1n) is 5.64. The van der Waals surface area contributed by atoms with Gasteiger partial charge in [-0.25, -0.2) is 4.79 Å². The minimum Gasteiger partial charge on any atom is -0.477 e. The van der Waals surface area contributed by atoms with E-state index in [-0.39, 0.29) is 5.70 Å². The van der Waals surface area contributed by atoms with Gasteiger partial charge in [0.1, 0.15) is 5.70 Å². The number of carboxylic acids is 1. The van der Waals surface area contributed by atoms with Gasteiger partial charge in [0.2, 0.25) is 5.91 Å². The number of carbonyl (C=O) groups is 2. The van der Waals surface area contributed by atoms with Crippen molar-refractivity contribution in [2.75, 3.05) is 0 Å². The number of benzene rings is 1. The number of rotatable bonds is 3. The van der Waals surface area contributed by atoms with Gasteiger partial charge in [0.15, 0.2) is 0 Å². The van der Waals surface area contributed by atoms with Crippen LogP contribution in [-0.4, -0.2) is 22.0 Å². The fraction of sp³-hybridized carbons (Fsp3) is 0.0714. The highest BCUT2D eigenvalue weighted by molar-refractivity contribution is 5.99. The van der Waals surface area contributed by atoms with Crippen LogP contribution < -0.4 is 5.32 Å². The first-order chi connectivity index (χ1) is 9.08. The lowest BCUT2D eigenvalue weighted by atomic mass is 10.1. The van der Waals surface area contributed by atoms with Crippen LogP contribution in [0.2, 0.25) is 0 Å². The van der Waals surface area contributed by atoms with Gasteiger partial charge >= 0.3 is 5.97 Å². The number of carbonyl (C=O) groups excluding carboxylic acids is 1. The molecule has 0 unspecified atom stereocenters. The minimum absolute atomic E-state index is 0.163. The maximum Gasteiger partial charge on any atom is 0.352 e. The molecule has 0 atom stereocenters. The zero-order valence-corrected chi connectivity index (χ0v) is 10.3. The zero-order valence-electron chi connectivity index (χ0n) is 10.3. The quantitative estimate of drug-likeness (QED) is 0.821. The van der Waals surface area contributed by atoms with E-state index in [0.29, 0.717) is 5.56 Å². The zero-order chi connectivity index (χ0) is 13.8. The Morgan fingerprint density at radius 3 is 2.74 bits per heavy atom. The molecule has 2 aromatic rings. The maximum atomic E-state index is 11.1. The Balaban J connectivity index is 2.54. The first kappa shape index (κ1) is 12.8. The fourth-order valence-corrected chi connectivity index (χ4v) is 1.75. The third kappa shape index (κ3) is 2.95. The summed E-state index contributed by atoms with van der Waals surface area (Å²) in [5, 5.41) is 12.2. The van der Waals surface area contributed by atoms with Crippen molar-refractivity contribution in [2.24, 2.45) is 0 Å². The molecule has 5 nitrogen and oxygen atoms in total. The minimum atomic E-state index is -1.18. The van der Waals surface area contributed by atoms with Crippen LogP contribution in [0.25, 0.3) is 17.0 Å². The number of pyridine rings is 1. The number of hydrogen-bond acceptors (Lipinski definition) is 3. The molecule has 0 aliphatic rings. The molecule has 1 amide bonds. The van der Waals surface area contributed by atoms with E-state index in [4.69, 9.17) is 5.11 Å². The van der Waals surface area contributed by atoms with E-state index in [0.717, 1.165) is 10.9 Å². The van der Waals surface area contributed by atoms with Gasteiger partial charge in [0.25, 0.3) is 0 Å². The number of amides is 1. The Kier molecular flexibility index (Phi) is 3.56. The Labute approximate surface area is 109 Å². The van der Waals surface area contributed by atoms with E-state index in [2.05, 4.69) is 10.3 Å². The van der Waals surface area contributed by atoms with Gasteiger partial charge in [-0.15, -0.1) is 0 Å². The Morgan fingerprint density at radius 2 is 2.05 bits per heavy atom. The normalized spacial score (nSPS) is 11.3. The van der Waals surface area contributed by atoms with Crippen molar-refractivity contribution < 1.29 is 14.7 Å². The summed E-state index contributed by atoms with van der Waals surface area (Å²) < 4.78 is 0. The van der Waals surface area contributed by atoms with Crippen molar-refractivity contribution in [1.82, 2.24) is 10.3 Å². The van der Waals surface area contributed by atoms with E-state index < -0.39 is 11.9 Å². The van der Waals surface area contributed by atoms with E-state index in [1.807, 2.05) is 12.1 Å². The molecule has 0 aliphatic heterocycles. The highest BCUT2D eigenvalue weighted by Crippen LogP contribution is 2.18. The molecule has 5 heteroatoms. The molecule has 96 valence electrons. The third-order valence-electron chi connectivity index (χ3n) is 2.52. The van der Waals surface area contributed by atoms with Crippen molar-refractivity contribution in [2.45, 2.75) is 6.92 Å². The standard InChI is InChI=1S/C14H12N2O3/c1-9(17)16-13(14(18)19)8-10-4-2-6-12-11(10)5-3-7-15-12/h2-8H,1H3,(H,16,17)(H,18,19)/b13-8+. The van der Waals surface area contributed by atoms with Crippen LogP contribution in [0.3, 0.4) is 0 Å². The molecular weight excluding hydrogens is 244 g/mol. The topological polar surface area (TPSA) is 79.3 Å². The molecule has 0 radical (unpaired) electrons. The van der Waals surface area contributed by atoms with Crippen LogP contribution in [0.4, 0.5) is 0 Å². The van der Waals surface area contributed by atoms with Crippen LogP contribution in [-0.2, 0) is 9.59 Å². The summed E-state index contributed by atoms with van der Waals surface area (Å²) in [6, 6.07) is 9.02. The number of hydrogen-bond donors (Lipinski definition) is 2. The number of fused-ring (bicyclic) bond motifs is 1. The van der Waals surface area contributed by atoms with Gasteiger partial charge in [0, 0.05) is 18.5 Å². The summed E-state index contributed by atoms with van der Waals surface area (Å²) >= 11 is 0. The van der Waals surface area contributed by atoms with Gasteiger partial charge in [-0.3, -0.25) is 9.78 Å². The van der Waals surface area contributed by atoms with Crippen LogP contribution in [0.5, 0.6) is 0 Å². The van der Waals surface area contributed by atoms with E-state index in [9.17, 15) is 9.59 Å². The van der Waals surface area contributed by atoms with Crippen molar-refractivity contribution >= 4 is 28.9 Å². The average molecular weight is 256 g/mol.